The van der Waals surface area contributed by atoms with Gasteiger partial charge >= 0.3 is 10.6 Å². The van der Waals surface area contributed by atoms with Crippen molar-refractivity contribution in [2.75, 3.05) is 37.6 Å². The lowest BCUT2D eigenvalue weighted by molar-refractivity contribution is -0.128. The highest BCUT2D eigenvalue weighted by Gasteiger charge is 2.30. The highest BCUT2D eigenvalue weighted by atomic mass is 32.2. The van der Waals surface area contributed by atoms with Crippen LogP contribution >= 0.6 is 0 Å². The van der Waals surface area contributed by atoms with Crippen molar-refractivity contribution < 1.29 is 41.9 Å². The SMILES string of the molecule is C=CC(=O)N1CCCC(n2nc(-c3ccc(Oc4ccc(O)cc4)cc3)c3c(N)ncnc32)C1.C=CC(=O)N1CCCC(n2nc(-c3ccc(Oc4ccc(O)cc4)cc3)c3c(N)ncnc32)C1.O=S(=O)=O. The Labute approximate surface area is 413 Å². The third kappa shape index (κ3) is 11.3. The number of nitrogen functional groups attached to an aromatic ring is 2. The Kier molecular flexibility index (Phi) is 15.1. The summed E-state index contributed by atoms with van der Waals surface area (Å²) in [5.41, 5.74) is 16.8. The topological polar surface area (TPSA) is 290 Å². The number of phenolic OH excluding ortho intramolecular Hbond substituents is 2. The van der Waals surface area contributed by atoms with Gasteiger partial charge in [-0.2, -0.15) is 10.2 Å². The number of carbonyl (C=O) groups is 2. The molecule has 2 saturated heterocycles. The molecule has 0 saturated carbocycles. The average Bonchev–Trinajstić information content (AvgIpc) is 3.99. The Morgan fingerprint density at radius 3 is 1.24 bits per heavy atom. The molecular weight excluding hydrogens is 945 g/mol. The van der Waals surface area contributed by atoms with E-state index in [1.807, 2.05) is 57.9 Å². The number of hydrogen-bond donors (Lipinski definition) is 4. The fourth-order valence-corrected chi connectivity index (χ4v) is 8.53. The van der Waals surface area contributed by atoms with Crippen molar-refractivity contribution >= 4 is 56.1 Å². The second kappa shape index (κ2) is 22.1. The van der Waals surface area contributed by atoms with E-state index in [-0.39, 0.29) is 35.4 Å². The van der Waals surface area contributed by atoms with Crippen LogP contribution in [-0.2, 0) is 20.2 Å². The quantitative estimate of drug-likeness (QED) is 0.102. The lowest BCUT2D eigenvalue weighted by Gasteiger charge is -2.32. The number of rotatable bonds is 10. The Bertz CT molecular complexity index is 3150. The summed E-state index contributed by atoms with van der Waals surface area (Å²) in [4.78, 5) is 45.2. The van der Waals surface area contributed by atoms with Crippen LogP contribution in [0, 0.1) is 0 Å². The molecule has 2 aliphatic heterocycles. The standard InChI is InChI=1S/2C25H24N6O3.O3S/c2*1-2-21(33)30-13-3-4-17(14-30)31-25-22(24(26)27-15-28-25)23(29-31)16-5-9-19(10-6-16)34-20-11-7-18(32)8-12-20;1-4(2)3/h2*2,5-12,15,17,32H,1,3-4,13-14H2,(H2,26,27,28);. The largest absolute Gasteiger partial charge is 0.508 e. The first kappa shape index (κ1) is 49.2. The van der Waals surface area contributed by atoms with Gasteiger partial charge in [-0.05, 0) is 135 Å². The zero-order chi connectivity index (χ0) is 50.9. The smallest absolute Gasteiger partial charge is 0.425 e. The van der Waals surface area contributed by atoms with Crippen LogP contribution in [0.1, 0.15) is 37.8 Å². The van der Waals surface area contributed by atoms with Crippen molar-refractivity contribution in [2.45, 2.75) is 37.8 Å². The Hall–Kier alpha value is -9.18. The second-order valence-corrected chi connectivity index (χ2v) is 16.9. The first-order valence-electron chi connectivity index (χ1n) is 22.5. The number of ether oxygens (including phenoxy) is 2. The van der Waals surface area contributed by atoms with Crippen LogP contribution in [-0.4, -0.2) is 110 Å². The number of carbonyl (C=O) groups excluding carboxylic acids is 2. The highest BCUT2D eigenvalue weighted by Crippen LogP contribution is 2.37. The fraction of sp³-hybridized carbons (Fsp3) is 0.200. The normalized spacial score (nSPS) is 15.3. The van der Waals surface area contributed by atoms with E-state index >= 15 is 0 Å². The zero-order valence-electron chi connectivity index (χ0n) is 38.6. The number of nitrogens with two attached hydrogens (primary N) is 2. The van der Waals surface area contributed by atoms with E-state index in [9.17, 15) is 19.8 Å². The molecule has 6 N–H and O–H groups in total. The molecule has 2 aliphatic rings. The van der Waals surface area contributed by atoms with Gasteiger partial charge in [0.05, 0.1) is 22.9 Å². The van der Waals surface area contributed by atoms with Gasteiger partial charge in [-0.15, -0.1) is 12.6 Å². The van der Waals surface area contributed by atoms with Gasteiger partial charge in [-0.25, -0.2) is 29.3 Å². The molecule has 6 heterocycles. The highest BCUT2D eigenvalue weighted by molar-refractivity contribution is 7.59. The molecular formula is C50H48N12O9S. The van der Waals surface area contributed by atoms with Crippen LogP contribution in [0.5, 0.6) is 34.5 Å². The van der Waals surface area contributed by atoms with Gasteiger partial charge in [-0.3, -0.25) is 9.59 Å². The van der Waals surface area contributed by atoms with E-state index in [0.717, 1.165) is 36.8 Å². The lowest BCUT2D eigenvalue weighted by Crippen LogP contribution is -2.40. The third-order valence-electron chi connectivity index (χ3n) is 11.9. The number of aromatic hydroxyl groups is 2. The number of amides is 2. The van der Waals surface area contributed by atoms with Gasteiger partial charge in [0.2, 0.25) is 11.8 Å². The summed E-state index contributed by atoms with van der Waals surface area (Å²) in [5, 5.41) is 30.0. The number of hydrogen-bond acceptors (Lipinski definition) is 17. The number of aromatic nitrogens is 8. The summed E-state index contributed by atoms with van der Waals surface area (Å²) in [6, 6.07) is 28.0. The molecule has 22 heteroatoms. The van der Waals surface area contributed by atoms with E-state index in [2.05, 4.69) is 33.1 Å². The molecule has 2 amide bonds. The number of nitrogens with zero attached hydrogens (tertiary/aromatic N) is 10. The maximum Gasteiger partial charge on any atom is 0.425 e. The van der Waals surface area contributed by atoms with E-state index < -0.39 is 10.6 Å². The average molecular weight is 993 g/mol. The first-order chi connectivity index (χ1) is 34.8. The Morgan fingerprint density at radius 1 is 0.569 bits per heavy atom. The van der Waals surface area contributed by atoms with Crippen molar-refractivity contribution in [3.8, 4) is 57.0 Å². The fourth-order valence-electron chi connectivity index (χ4n) is 8.53. The number of phenols is 2. The summed E-state index contributed by atoms with van der Waals surface area (Å²) < 4.78 is 40.8. The van der Waals surface area contributed by atoms with Gasteiger partial charge < -0.3 is 41.0 Å². The molecule has 0 radical (unpaired) electrons. The Balaban J connectivity index is 0.000000179. The van der Waals surface area contributed by atoms with Gasteiger partial charge in [0, 0.05) is 37.3 Å². The minimum Gasteiger partial charge on any atom is -0.508 e. The van der Waals surface area contributed by atoms with Crippen LogP contribution in [0.4, 0.5) is 11.6 Å². The maximum atomic E-state index is 12.2. The molecule has 0 bridgehead atoms. The van der Waals surface area contributed by atoms with Crippen LogP contribution in [0.25, 0.3) is 44.6 Å². The molecule has 368 valence electrons. The number of piperidine rings is 2. The van der Waals surface area contributed by atoms with Gasteiger partial charge in [0.25, 0.3) is 0 Å². The van der Waals surface area contributed by atoms with Gasteiger partial charge in [0.15, 0.2) is 11.3 Å². The van der Waals surface area contributed by atoms with E-state index in [0.29, 0.717) is 94.3 Å². The molecule has 4 aromatic heterocycles. The molecule has 10 rings (SSSR count). The minimum atomic E-state index is -3.11. The van der Waals surface area contributed by atoms with Gasteiger partial charge in [0.1, 0.15) is 70.2 Å². The molecule has 0 aliphatic carbocycles. The minimum absolute atomic E-state index is 0.0275. The summed E-state index contributed by atoms with van der Waals surface area (Å²) in [5.74, 6) is 3.43. The number of likely N-dealkylation sites (tertiary alicyclic amines) is 2. The predicted octanol–water partition coefficient (Wildman–Crippen LogP) is 6.84. The number of anilines is 2. The maximum absolute atomic E-state index is 12.2. The van der Waals surface area contributed by atoms with Crippen molar-refractivity contribution in [3.05, 3.63) is 135 Å². The number of benzene rings is 4. The first-order valence-corrected chi connectivity index (χ1v) is 23.5. The predicted molar refractivity (Wildman–Crippen MR) is 266 cm³/mol. The van der Waals surface area contributed by atoms with Crippen LogP contribution in [0.15, 0.2) is 135 Å². The van der Waals surface area contributed by atoms with E-state index in [1.54, 1.807) is 58.3 Å². The van der Waals surface area contributed by atoms with Crippen LogP contribution in [0.3, 0.4) is 0 Å². The lowest BCUT2D eigenvalue weighted by atomic mass is 10.1. The summed E-state index contributed by atoms with van der Waals surface area (Å²) in [6.45, 7) is 9.68. The monoisotopic (exact) mass is 992 g/mol. The van der Waals surface area contributed by atoms with E-state index in [1.165, 1.54) is 24.8 Å². The summed E-state index contributed by atoms with van der Waals surface area (Å²) >= 11 is 0. The van der Waals surface area contributed by atoms with E-state index in [4.69, 9.17) is 43.8 Å². The summed E-state index contributed by atoms with van der Waals surface area (Å²) in [7, 11) is -3.11. The molecule has 4 aromatic carbocycles. The summed E-state index contributed by atoms with van der Waals surface area (Å²) in [6.07, 6.45) is 9.04. The second-order valence-electron chi connectivity index (χ2n) is 16.5. The molecule has 2 atom stereocenters. The van der Waals surface area contributed by atoms with Crippen molar-refractivity contribution in [1.82, 2.24) is 49.3 Å². The molecule has 0 spiro atoms. The number of fused-ring (bicyclic) bond motifs is 2. The Morgan fingerprint density at radius 2 is 0.903 bits per heavy atom. The van der Waals surface area contributed by atoms with Crippen molar-refractivity contribution in [1.29, 1.82) is 0 Å². The van der Waals surface area contributed by atoms with Crippen molar-refractivity contribution in [2.24, 2.45) is 0 Å². The van der Waals surface area contributed by atoms with Crippen molar-refractivity contribution in [3.63, 3.8) is 0 Å². The molecule has 21 nitrogen and oxygen atoms in total. The van der Waals surface area contributed by atoms with Gasteiger partial charge in [-0.1, -0.05) is 13.2 Å². The molecule has 8 aromatic rings. The molecule has 2 unspecified atom stereocenters. The molecule has 2 fully saturated rings. The zero-order valence-corrected chi connectivity index (χ0v) is 39.4. The molecule has 72 heavy (non-hydrogen) atoms. The van der Waals surface area contributed by atoms with Crippen LogP contribution in [0.2, 0.25) is 0 Å². The van der Waals surface area contributed by atoms with Crippen LogP contribution < -0.4 is 20.9 Å². The third-order valence-corrected chi connectivity index (χ3v) is 11.9.